The summed E-state index contributed by atoms with van der Waals surface area (Å²) in [6.45, 7) is 7.64. The van der Waals surface area contributed by atoms with E-state index in [0.29, 0.717) is 6.54 Å². The molecule has 1 aliphatic rings. The molecule has 0 aromatic carbocycles. The number of carbonyl (C=O) groups excluding carboxylic acids is 2. The molecule has 1 saturated heterocycles. The molecule has 0 spiro atoms. The Labute approximate surface area is 134 Å². The lowest BCUT2D eigenvalue weighted by atomic mass is 9.75. The van der Waals surface area contributed by atoms with Gasteiger partial charge in [-0.3, -0.25) is 14.5 Å². The van der Waals surface area contributed by atoms with Crippen LogP contribution in [0.5, 0.6) is 0 Å². The predicted octanol–water partition coefficient (Wildman–Crippen LogP) is 0.324. The molecule has 6 heteroatoms. The zero-order valence-electron chi connectivity index (χ0n) is 14.2. The molecule has 4 N–H and O–H groups in total. The molecule has 0 aliphatic carbocycles. The summed E-state index contributed by atoms with van der Waals surface area (Å²) in [6, 6.07) is -0.221. The lowest BCUT2D eigenvalue weighted by molar-refractivity contribution is -0.124. The zero-order chi connectivity index (χ0) is 16.6. The fraction of sp³-hybridized carbons (Fsp3) is 0.875. The van der Waals surface area contributed by atoms with Gasteiger partial charge in [0.1, 0.15) is 0 Å². The summed E-state index contributed by atoms with van der Waals surface area (Å²) in [5.41, 5.74) is 5.73. The third kappa shape index (κ3) is 5.57. The Bertz CT molecular complexity index is 354. The smallest absolute Gasteiger partial charge is 0.235 e. The first kappa shape index (κ1) is 18.9. The number of primary amides is 1. The van der Waals surface area contributed by atoms with Crippen molar-refractivity contribution < 1.29 is 9.59 Å². The van der Waals surface area contributed by atoms with E-state index in [0.717, 1.165) is 51.7 Å². The molecule has 0 bridgehead atoms. The second-order valence-corrected chi connectivity index (χ2v) is 6.92. The average molecular weight is 312 g/mol. The number of piperidine rings is 1. The van der Waals surface area contributed by atoms with E-state index in [-0.39, 0.29) is 23.3 Å². The summed E-state index contributed by atoms with van der Waals surface area (Å²) in [6.07, 6.45) is 5.06. The van der Waals surface area contributed by atoms with Crippen molar-refractivity contribution in [3.05, 3.63) is 0 Å². The topological polar surface area (TPSA) is 87.5 Å². The van der Waals surface area contributed by atoms with E-state index >= 15 is 0 Å². The lowest BCUT2D eigenvalue weighted by Crippen LogP contribution is -2.49. The van der Waals surface area contributed by atoms with Crippen LogP contribution in [0.15, 0.2) is 0 Å². The van der Waals surface area contributed by atoms with Gasteiger partial charge in [-0.2, -0.15) is 0 Å². The Kier molecular flexibility index (Phi) is 7.82. The van der Waals surface area contributed by atoms with Crippen LogP contribution in [0.25, 0.3) is 0 Å². The van der Waals surface area contributed by atoms with Crippen molar-refractivity contribution in [1.29, 1.82) is 0 Å². The van der Waals surface area contributed by atoms with Crippen LogP contribution >= 0.6 is 0 Å². The van der Waals surface area contributed by atoms with E-state index in [2.05, 4.69) is 15.5 Å². The Morgan fingerprint density at radius 1 is 1.45 bits per heavy atom. The van der Waals surface area contributed by atoms with Crippen LogP contribution in [0.4, 0.5) is 0 Å². The van der Waals surface area contributed by atoms with Gasteiger partial charge in [0, 0.05) is 13.1 Å². The summed E-state index contributed by atoms with van der Waals surface area (Å²) in [7, 11) is 1.98. The molecule has 2 atom stereocenters. The first-order valence-electron chi connectivity index (χ1n) is 8.29. The minimum absolute atomic E-state index is 0.196. The monoisotopic (exact) mass is 312 g/mol. The molecular formula is C16H32N4O2. The average Bonchev–Trinajstić information content (AvgIpc) is 2.46. The summed E-state index contributed by atoms with van der Waals surface area (Å²) in [5, 5.41) is 6.25. The lowest BCUT2D eigenvalue weighted by Gasteiger charge is -2.40. The van der Waals surface area contributed by atoms with E-state index in [1.807, 2.05) is 20.9 Å². The van der Waals surface area contributed by atoms with E-state index in [1.54, 1.807) is 0 Å². The van der Waals surface area contributed by atoms with Crippen molar-refractivity contribution in [2.75, 3.05) is 33.2 Å². The van der Waals surface area contributed by atoms with E-state index in [9.17, 15) is 9.59 Å². The highest BCUT2D eigenvalue weighted by Crippen LogP contribution is 2.34. The summed E-state index contributed by atoms with van der Waals surface area (Å²) in [4.78, 5) is 24.2. The molecule has 2 amide bonds. The maximum absolute atomic E-state index is 11.6. The molecule has 1 fully saturated rings. The van der Waals surface area contributed by atoms with Crippen LogP contribution in [0, 0.1) is 11.3 Å². The van der Waals surface area contributed by atoms with Crippen molar-refractivity contribution >= 4 is 12.3 Å². The van der Waals surface area contributed by atoms with E-state index < -0.39 is 0 Å². The van der Waals surface area contributed by atoms with E-state index in [1.165, 1.54) is 0 Å². The van der Waals surface area contributed by atoms with Gasteiger partial charge in [0.05, 0.1) is 6.04 Å². The fourth-order valence-corrected chi connectivity index (χ4v) is 3.59. The highest BCUT2D eigenvalue weighted by atomic mass is 16.1. The van der Waals surface area contributed by atoms with Crippen molar-refractivity contribution in [1.82, 2.24) is 15.5 Å². The Morgan fingerprint density at radius 2 is 2.18 bits per heavy atom. The Morgan fingerprint density at radius 3 is 2.68 bits per heavy atom. The first-order chi connectivity index (χ1) is 10.4. The largest absolute Gasteiger partial charge is 0.368 e. The molecule has 0 radical (unpaired) electrons. The highest BCUT2D eigenvalue weighted by molar-refractivity contribution is 5.80. The summed E-state index contributed by atoms with van der Waals surface area (Å²) >= 11 is 0. The number of nitrogens with zero attached hydrogens (tertiary/aromatic N) is 1. The minimum Gasteiger partial charge on any atom is -0.368 e. The van der Waals surface area contributed by atoms with Crippen LogP contribution in [0.1, 0.15) is 39.5 Å². The second kappa shape index (κ2) is 9.10. The van der Waals surface area contributed by atoms with Crippen molar-refractivity contribution in [3.8, 4) is 0 Å². The van der Waals surface area contributed by atoms with Crippen LogP contribution in [-0.4, -0.2) is 56.5 Å². The molecule has 0 aromatic rings. The first-order valence-corrected chi connectivity index (χ1v) is 8.29. The SMILES string of the molecule is CC(C)C(C(N)=O)N(C)CCC1(CCNC=O)CCCNC1. The van der Waals surface area contributed by atoms with Crippen molar-refractivity contribution in [3.63, 3.8) is 0 Å². The van der Waals surface area contributed by atoms with Gasteiger partial charge in [-0.1, -0.05) is 13.8 Å². The number of hydrogen-bond donors (Lipinski definition) is 3. The number of nitrogens with two attached hydrogens (primary N) is 1. The zero-order valence-corrected chi connectivity index (χ0v) is 14.2. The molecule has 0 aromatic heterocycles. The maximum Gasteiger partial charge on any atom is 0.235 e. The van der Waals surface area contributed by atoms with Gasteiger partial charge in [0.25, 0.3) is 0 Å². The van der Waals surface area contributed by atoms with Crippen LogP contribution < -0.4 is 16.4 Å². The summed E-state index contributed by atoms with van der Waals surface area (Å²) in [5.74, 6) is -0.0457. The van der Waals surface area contributed by atoms with Crippen molar-refractivity contribution in [2.24, 2.45) is 17.1 Å². The molecule has 1 aliphatic heterocycles. The quantitative estimate of drug-likeness (QED) is 0.400. The molecule has 0 saturated carbocycles. The van der Waals surface area contributed by atoms with E-state index in [4.69, 9.17) is 5.73 Å². The van der Waals surface area contributed by atoms with Crippen LogP contribution in [0.3, 0.4) is 0 Å². The Balaban J connectivity index is 2.61. The number of hydrogen-bond acceptors (Lipinski definition) is 4. The number of amides is 2. The number of likely N-dealkylation sites (N-methyl/N-ethyl adjacent to an activating group) is 1. The molecular weight excluding hydrogens is 280 g/mol. The molecule has 22 heavy (non-hydrogen) atoms. The summed E-state index contributed by atoms with van der Waals surface area (Å²) < 4.78 is 0. The normalized spacial score (nSPS) is 23.5. The van der Waals surface area contributed by atoms with Crippen molar-refractivity contribution in [2.45, 2.75) is 45.6 Å². The van der Waals surface area contributed by atoms with Crippen LogP contribution in [-0.2, 0) is 9.59 Å². The number of carbonyl (C=O) groups is 2. The maximum atomic E-state index is 11.6. The van der Waals surface area contributed by atoms with Gasteiger partial charge >= 0.3 is 0 Å². The van der Waals surface area contributed by atoms with Gasteiger partial charge in [0.2, 0.25) is 12.3 Å². The predicted molar refractivity (Wildman–Crippen MR) is 88.3 cm³/mol. The molecule has 2 unspecified atom stereocenters. The van der Waals surface area contributed by atoms with Crippen LogP contribution in [0.2, 0.25) is 0 Å². The van der Waals surface area contributed by atoms with Gasteiger partial charge in [-0.25, -0.2) is 0 Å². The standard InChI is InChI=1S/C16H32N4O2/c1-13(2)14(15(17)22)20(3)10-7-16(6-9-19-12-21)5-4-8-18-11-16/h12-14,18H,4-11H2,1-3H3,(H2,17,22)(H,19,21). The molecule has 1 rings (SSSR count). The third-order valence-corrected chi connectivity index (χ3v) is 4.84. The van der Waals surface area contributed by atoms with Gasteiger partial charge in [-0.05, 0) is 57.2 Å². The highest BCUT2D eigenvalue weighted by Gasteiger charge is 2.33. The third-order valence-electron chi connectivity index (χ3n) is 4.84. The van der Waals surface area contributed by atoms with Gasteiger partial charge in [-0.15, -0.1) is 0 Å². The number of rotatable bonds is 10. The molecule has 6 nitrogen and oxygen atoms in total. The van der Waals surface area contributed by atoms with Gasteiger partial charge in [0.15, 0.2) is 0 Å². The Hall–Kier alpha value is -1.14. The number of nitrogens with one attached hydrogen (secondary N) is 2. The second-order valence-electron chi connectivity index (χ2n) is 6.92. The molecule has 128 valence electrons. The molecule has 1 heterocycles. The minimum atomic E-state index is -0.254. The van der Waals surface area contributed by atoms with Gasteiger partial charge < -0.3 is 16.4 Å². The fourth-order valence-electron chi connectivity index (χ4n) is 3.59.